The van der Waals surface area contributed by atoms with E-state index < -0.39 is 13.3 Å². The number of rotatable bonds is 7. The smallest absolute Gasteiger partial charge is 0.124 e. The third-order valence-electron chi connectivity index (χ3n) is 12.1. The predicted octanol–water partition coefficient (Wildman–Crippen LogP) is 14.6. The van der Waals surface area contributed by atoms with E-state index >= 15 is 0 Å². The molecule has 0 N–H and O–H groups in total. The molecule has 327 valence electrons. The minimum absolute atomic E-state index is 0. The Morgan fingerprint density at radius 2 is 1.43 bits per heavy atom. The fourth-order valence-corrected chi connectivity index (χ4v) is 12.0. The van der Waals surface area contributed by atoms with E-state index in [-0.39, 0.29) is 25.5 Å². The molecule has 1 atom stereocenters. The Morgan fingerprint density at radius 3 is 2.11 bits per heavy atom. The number of imidazole rings is 1. The quantitative estimate of drug-likeness (QED) is 0.118. The number of hydrogen-bond donors (Lipinski definition) is 0. The largest absolute Gasteiger partial charge is 0.477 e. The molecule has 7 heteroatoms. The molecule has 1 radical (unpaired) electrons. The van der Waals surface area contributed by atoms with E-state index in [1.54, 1.807) is 0 Å². The van der Waals surface area contributed by atoms with E-state index in [4.69, 9.17) is 14.4 Å². The van der Waals surface area contributed by atoms with E-state index in [9.17, 15) is 0 Å². The molecule has 0 spiro atoms. The molecule has 65 heavy (non-hydrogen) atoms. The van der Waals surface area contributed by atoms with Gasteiger partial charge in [0.2, 0.25) is 0 Å². The molecule has 0 aliphatic rings. The summed E-state index contributed by atoms with van der Waals surface area (Å²) in [6, 6.07) is 57.9. The molecule has 4 heterocycles. The fraction of sp³-hybridized carbons (Fsp3) is 0.190. The molecule has 0 saturated heterocycles. The number of aryl methyl sites for hydroxylation is 2. The number of furan rings is 1. The Labute approximate surface area is 399 Å². The van der Waals surface area contributed by atoms with Gasteiger partial charge in [-0.25, -0.2) is 0 Å². The van der Waals surface area contributed by atoms with Crippen LogP contribution in [0, 0.1) is 26.0 Å². The predicted molar refractivity (Wildman–Crippen MR) is 269 cm³/mol. The van der Waals surface area contributed by atoms with Crippen LogP contribution in [-0.4, -0.2) is 32.8 Å². The number of benzene rings is 6. The first-order chi connectivity index (χ1) is 30.7. The maximum absolute atomic E-state index is 6.44. The first-order valence-corrected chi connectivity index (χ1v) is 29.5. The van der Waals surface area contributed by atoms with Gasteiger partial charge in [-0.05, 0) is 71.0 Å². The second-order valence-electron chi connectivity index (χ2n) is 19.0. The van der Waals surface area contributed by atoms with Crippen molar-refractivity contribution < 1.29 is 24.5 Å². The topological polar surface area (TPSA) is 56.7 Å². The average Bonchev–Trinajstić information content (AvgIpc) is 3.86. The Kier molecular flexibility index (Phi) is 13.0. The second-order valence-corrected chi connectivity index (χ2v) is 29.5. The molecule has 0 bridgehead atoms. The monoisotopic (exact) mass is 1090 g/mol. The Morgan fingerprint density at radius 1 is 0.723 bits per heavy atom. The summed E-state index contributed by atoms with van der Waals surface area (Å²) in [5.74, 6) is 8.49. The first kappa shape index (κ1) is 45.6. The zero-order valence-electron chi connectivity index (χ0n) is 38.6. The minimum Gasteiger partial charge on any atom is -0.477 e. The zero-order valence-corrected chi connectivity index (χ0v) is 43.1. The maximum Gasteiger partial charge on any atom is 0.124 e. The fourth-order valence-electron chi connectivity index (χ4n) is 8.61. The van der Waals surface area contributed by atoms with Crippen molar-refractivity contribution in [3.05, 3.63) is 198 Å². The van der Waals surface area contributed by atoms with Crippen LogP contribution in [0.1, 0.15) is 61.6 Å². The van der Waals surface area contributed by atoms with Crippen molar-refractivity contribution in [1.82, 2.24) is 19.5 Å². The van der Waals surface area contributed by atoms with Gasteiger partial charge >= 0.3 is 148 Å². The van der Waals surface area contributed by atoms with Crippen molar-refractivity contribution in [2.45, 2.75) is 70.1 Å². The summed E-state index contributed by atoms with van der Waals surface area (Å²) in [6.45, 7) is 13.1. The summed E-state index contributed by atoms with van der Waals surface area (Å²) in [6.07, 6.45) is 4.05. The van der Waals surface area contributed by atoms with Crippen LogP contribution in [0.3, 0.4) is 0 Å². The third kappa shape index (κ3) is 9.44. The molecule has 5 nitrogen and oxygen atoms in total. The van der Waals surface area contributed by atoms with E-state index in [1.807, 2.05) is 43.5 Å². The molecule has 0 fully saturated rings. The van der Waals surface area contributed by atoms with Crippen LogP contribution in [0.25, 0.3) is 72.4 Å². The van der Waals surface area contributed by atoms with Gasteiger partial charge in [0.25, 0.3) is 0 Å². The summed E-state index contributed by atoms with van der Waals surface area (Å²) in [5, 5.41) is 2.16. The van der Waals surface area contributed by atoms with Crippen LogP contribution >= 0.6 is 0 Å². The second kappa shape index (κ2) is 18.5. The maximum atomic E-state index is 6.44. The molecule has 10 aromatic rings. The van der Waals surface area contributed by atoms with Crippen molar-refractivity contribution in [3.63, 3.8) is 0 Å². The number of pyridine rings is 2. The number of hydrogen-bond acceptors (Lipinski definition) is 4. The van der Waals surface area contributed by atoms with E-state index in [2.05, 4.69) is 195 Å². The van der Waals surface area contributed by atoms with Crippen LogP contribution < -0.4 is 4.40 Å². The van der Waals surface area contributed by atoms with Crippen molar-refractivity contribution in [2.75, 3.05) is 0 Å². The third-order valence-corrected chi connectivity index (χ3v) is 16.4. The van der Waals surface area contributed by atoms with Crippen LogP contribution in [0.5, 0.6) is 0 Å². The van der Waals surface area contributed by atoms with Gasteiger partial charge in [-0.15, -0.1) is 11.6 Å². The Bertz CT molecular complexity index is 3250. The standard InChI is InChI=1S/C36H30N3O.C22H24GeN.Ir/c1-22-11-16-28-32(17-22)40-33-20-25(19-29(34(28)33)24-9-7-6-8-10-24)35-38-30-18-23(2)37-21-31(30)39(35)27-14-12-26(13-15-27)36(3,4)5;1-17(18-11-7-5-8-12-18)20-15-22(19-13-9-6-10-14-19)24-16-21(20)23(2,3)4;/h6-19,21H,1-5H3;5-13,15-17H,1-4H3;/q2*-1;. The molecule has 1 unspecified atom stereocenters. The van der Waals surface area contributed by atoms with Gasteiger partial charge in [0.15, 0.2) is 0 Å². The van der Waals surface area contributed by atoms with Crippen LogP contribution in [0.15, 0.2) is 162 Å². The molecule has 6 aromatic carbocycles. The first-order valence-electron chi connectivity index (χ1n) is 22.2. The van der Waals surface area contributed by atoms with Crippen molar-refractivity contribution in [1.29, 1.82) is 0 Å². The number of aromatic nitrogens is 4. The van der Waals surface area contributed by atoms with Crippen LogP contribution in [0.2, 0.25) is 17.3 Å². The van der Waals surface area contributed by atoms with Gasteiger partial charge in [0.1, 0.15) is 5.58 Å². The summed E-state index contributed by atoms with van der Waals surface area (Å²) < 4.78 is 10.1. The van der Waals surface area contributed by atoms with E-state index in [0.29, 0.717) is 5.92 Å². The van der Waals surface area contributed by atoms with Gasteiger partial charge < -0.3 is 8.98 Å². The number of nitrogens with zero attached hydrogens (tertiary/aromatic N) is 4. The molecule has 0 aliphatic carbocycles. The van der Waals surface area contributed by atoms with Crippen molar-refractivity contribution >= 4 is 50.6 Å². The number of fused-ring (bicyclic) bond motifs is 4. The minimum atomic E-state index is -2.01. The zero-order chi connectivity index (χ0) is 44.8. The molecular weight excluding hydrogens is 1030 g/mol. The van der Waals surface area contributed by atoms with Crippen molar-refractivity contribution in [2.24, 2.45) is 0 Å². The van der Waals surface area contributed by atoms with E-state index in [1.165, 1.54) is 21.1 Å². The van der Waals surface area contributed by atoms with Gasteiger partial charge in [-0.3, -0.25) is 9.97 Å². The molecule has 10 rings (SSSR count). The summed E-state index contributed by atoms with van der Waals surface area (Å²) in [4.78, 5) is 14.5. The Balaban J connectivity index is 0.000000198. The summed E-state index contributed by atoms with van der Waals surface area (Å²) in [7, 11) is 0. The molecule has 0 amide bonds. The van der Waals surface area contributed by atoms with Crippen molar-refractivity contribution in [3.8, 4) is 39.5 Å². The van der Waals surface area contributed by atoms with Crippen LogP contribution in [-0.2, 0) is 25.5 Å². The summed E-state index contributed by atoms with van der Waals surface area (Å²) in [5.41, 5.74) is 15.9. The van der Waals surface area contributed by atoms with Gasteiger partial charge in [-0.1, -0.05) is 87.0 Å². The van der Waals surface area contributed by atoms with Gasteiger partial charge in [-0.2, -0.15) is 0 Å². The van der Waals surface area contributed by atoms with Gasteiger partial charge in [0.05, 0.1) is 28.6 Å². The SMILES string of the molecule is CC(c1ccccc1)c1cc(-c2[c-]cccc2)nc[c]1[Ge]([CH3])([CH3])[CH3].Cc1ccc2c(c1)oc1[c-]c(-c3nc4cc(C)ncc4n3-c3ccc(C(C)(C)C)cc3)cc(-c3ccccc3)c12.[Ir]. The molecule has 4 aromatic heterocycles. The normalized spacial score (nSPS) is 12.2. The van der Waals surface area contributed by atoms with E-state index in [0.717, 1.165) is 83.7 Å². The average molecular weight is 1090 g/mol. The van der Waals surface area contributed by atoms with Crippen LogP contribution in [0.4, 0.5) is 0 Å². The Hall–Kier alpha value is -5.92. The molecular formula is C58H54GeIrN4O-2. The molecule has 0 aliphatic heterocycles. The van der Waals surface area contributed by atoms with Gasteiger partial charge in [0, 0.05) is 31.5 Å². The summed E-state index contributed by atoms with van der Waals surface area (Å²) >= 11 is -2.01. The molecule has 0 saturated carbocycles.